The normalized spacial score (nSPS) is 12.5. The first-order chi connectivity index (χ1) is 13.4. The highest BCUT2D eigenvalue weighted by Crippen LogP contribution is 2.33. The van der Waals surface area contributed by atoms with Gasteiger partial charge in [-0.1, -0.05) is 37.3 Å². The van der Waals surface area contributed by atoms with Crippen LogP contribution in [0.5, 0.6) is 0 Å². The van der Waals surface area contributed by atoms with Gasteiger partial charge < -0.3 is 10.5 Å². The Balaban J connectivity index is 2.33. The maximum atomic E-state index is 13.6. The van der Waals surface area contributed by atoms with Gasteiger partial charge in [-0.05, 0) is 30.7 Å². The molecule has 1 atom stereocenters. The summed E-state index contributed by atoms with van der Waals surface area (Å²) >= 11 is 0. The number of hydrogen-bond acceptors (Lipinski definition) is 5. The largest absolute Gasteiger partial charge is 0.366 e. The fourth-order valence-electron chi connectivity index (χ4n) is 3.07. The average molecular weight is 397 g/mol. The number of rotatable bonds is 7. The van der Waals surface area contributed by atoms with Crippen LogP contribution in [0, 0.1) is 0 Å². The van der Waals surface area contributed by atoms with Gasteiger partial charge in [-0.15, -0.1) is 0 Å². The van der Waals surface area contributed by atoms with Crippen molar-refractivity contribution in [1.29, 1.82) is 0 Å². The first-order valence-electron chi connectivity index (χ1n) is 8.64. The van der Waals surface area contributed by atoms with Crippen molar-refractivity contribution in [2.75, 3.05) is 4.31 Å². The molecule has 0 aliphatic carbocycles. The van der Waals surface area contributed by atoms with E-state index in [1.807, 2.05) is 0 Å². The lowest BCUT2D eigenvalue weighted by Crippen LogP contribution is -2.42. The lowest BCUT2D eigenvalue weighted by Gasteiger charge is -2.30. The molecule has 7 nitrogen and oxygen atoms in total. The van der Waals surface area contributed by atoms with Crippen LogP contribution in [0.3, 0.4) is 0 Å². The van der Waals surface area contributed by atoms with Gasteiger partial charge in [-0.3, -0.25) is 14.1 Å². The van der Waals surface area contributed by atoms with Gasteiger partial charge in [0.2, 0.25) is 5.91 Å². The number of pyridine rings is 1. The number of aldehydes is 1. The Bertz CT molecular complexity index is 1140. The number of para-hydroxylation sites is 1. The number of nitrogens with zero attached hydrogens (tertiary/aromatic N) is 2. The first-order valence-corrected chi connectivity index (χ1v) is 10.1. The van der Waals surface area contributed by atoms with Gasteiger partial charge in [0, 0.05) is 11.6 Å². The lowest BCUT2D eigenvalue weighted by molar-refractivity contribution is -0.108. The maximum Gasteiger partial charge on any atom is 0.265 e. The van der Waals surface area contributed by atoms with Crippen LogP contribution in [-0.4, -0.2) is 31.6 Å². The van der Waals surface area contributed by atoms with Crippen LogP contribution in [-0.2, 0) is 14.8 Å². The molecule has 28 heavy (non-hydrogen) atoms. The van der Waals surface area contributed by atoms with Crippen LogP contribution >= 0.6 is 0 Å². The van der Waals surface area contributed by atoms with Crippen molar-refractivity contribution in [1.82, 2.24) is 4.98 Å². The molecule has 0 fully saturated rings. The predicted octanol–water partition coefficient (Wildman–Crippen LogP) is 2.51. The van der Waals surface area contributed by atoms with Crippen LogP contribution in [0.4, 0.5) is 5.69 Å². The third-order valence-corrected chi connectivity index (χ3v) is 6.31. The molecule has 0 aliphatic heterocycles. The molecule has 0 bridgehead atoms. The van der Waals surface area contributed by atoms with E-state index in [2.05, 4.69) is 4.98 Å². The number of aromatic nitrogens is 1. The van der Waals surface area contributed by atoms with E-state index in [1.54, 1.807) is 43.5 Å². The number of amides is 1. The zero-order valence-corrected chi connectivity index (χ0v) is 16.0. The minimum absolute atomic E-state index is 0.138. The van der Waals surface area contributed by atoms with Crippen molar-refractivity contribution in [3.63, 3.8) is 0 Å². The SMILES string of the molecule is CCC(C=O)N(c1cccc2cccnc12)S(=O)(=O)c1ccccc1C(N)=O. The molecule has 1 amide bonds. The van der Waals surface area contributed by atoms with Gasteiger partial charge in [0.05, 0.1) is 16.8 Å². The van der Waals surface area contributed by atoms with Gasteiger partial charge in [-0.25, -0.2) is 8.42 Å². The summed E-state index contributed by atoms with van der Waals surface area (Å²) in [5.74, 6) is -0.866. The Morgan fingerprint density at radius 1 is 1.14 bits per heavy atom. The van der Waals surface area contributed by atoms with Crippen LogP contribution in [0.15, 0.2) is 65.7 Å². The van der Waals surface area contributed by atoms with Crippen molar-refractivity contribution in [3.8, 4) is 0 Å². The maximum absolute atomic E-state index is 13.6. The Morgan fingerprint density at radius 3 is 2.54 bits per heavy atom. The minimum atomic E-state index is -4.28. The van der Waals surface area contributed by atoms with E-state index in [-0.39, 0.29) is 22.6 Å². The van der Waals surface area contributed by atoms with Crippen molar-refractivity contribution in [2.24, 2.45) is 5.73 Å². The molecule has 1 aromatic heterocycles. The molecule has 1 unspecified atom stereocenters. The molecule has 3 rings (SSSR count). The molecule has 0 saturated heterocycles. The number of benzene rings is 2. The topological polar surface area (TPSA) is 110 Å². The Morgan fingerprint density at radius 2 is 1.86 bits per heavy atom. The quantitative estimate of drug-likeness (QED) is 0.616. The van der Waals surface area contributed by atoms with E-state index in [0.29, 0.717) is 11.8 Å². The smallest absolute Gasteiger partial charge is 0.265 e. The van der Waals surface area contributed by atoms with Crippen LogP contribution in [0.25, 0.3) is 10.9 Å². The van der Waals surface area contributed by atoms with E-state index >= 15 is 0 Å². The zero-order chi connectivity index (χ0) is 20.3. The van der Waals surface area contributed by atoms with Crippen molar-refractivity contribution < 1.29 is 18.0 Å². The number of sulfonamides is 1. The molecule has 8 heteroatoms. The van der Waals surface area contributed by atoms with E-state index in [4.69, 9.17) is 5.73 Å². The van der Waals surface area contributed by atoms with E-state index in [9.17, 15) is 18.0 Å². The second kappa shape index (κ2) is 7.77. The van der Waals surface area contributed by atoms with Gasteiger partial charge in [0.1, 0.15) is 17.2 Å². The monoisotopic (exact) mass is 397 g/mol. The number of primary amides is 1. The second-order valence-corrected chi connectivity index (χ2v) is 7.91. The summed E-state index contributed by atoms with van der Waals surface area (Å²) in [5, 5.41) is 0.726. The number of carbonyl (C=O) groups is 2. The molecular formula is C20H19N3O4S. The third kappa shape index (κ3) is 3.34. The highest BCUT2D eigenvalue weighted by Gasteiger charge is 2.34. The minimum Gasteiger partial charge on any atom is -0.366 e. The number of anilines is 1. The van der Waals surface area contributed by atoms with Gasteiger partial charge in [0.25, 0.3) is 10.0 Å². The number of nitrogens with two attached hydrogens (primary N) is 1. The fraction of sp³-hybridized carbons (Fsp3) is 0.150. The summed E-state index contributed by atoms with van der Waals surface area (Å²) in [7, 11) is -4.28. The number of carbonyl (C=O) groups excluding carboxylic acids is 2. The number of hydrogen-bond donors (Lipinski definition) is 1. The van der Waals surface area contributed by atoms with Gasteiger partial charge >= 0.3 is 0 Å². The summed E-state index contributed by atoms with van der Waals surface area (Å²) in [5.41, 5.74) is 5.94. The summed E-state index contributed by atoms with van der Waals surface area (Å²) < 4.78 is 28.2. The molecule has 0 saturated carbocycles. The summed E-state index contributed by atoms with van der Waals surface area (Å²) in [6.07, 6.45) is 2.37. The third-order valence-electron chi connectivity index (χ3n) is 4.41. The van der Waals surface area contributed by atoms with E-state index in [0.717, 1.165) is 9.69 Å². The Hall–Kier alpha value is -3.26. The van der Waals surface area contributed by atoms with Crippen LogP contribution in [0.2, 0.25) is 0 Å². The fourth-order valence-corrected chi connectivity index (χ4v) is 4.94. The standard InChI is InChI=1S/C20H19N3O4S/c1-2-15(13-24)23(17-10-5-7-14-8-6-12-22-19(14)17)28(26,27)18-11-4-3-9-16(18)20(21)25/h3-13,15H,2H2,1H3,(H2,21,25). The molecule has 3 aromatic rings. The van der Waals surface area contributed by atoms with Crippen LogP contribution < -0.4 is 10.0 Å². The van der Waals surface area contributed by atoms with Crippen molar-refractivity contribution >= 4 is 38.8 Å². The van der Waals surface area contributed by atoms with Crippen LogP contribution in [0.1, 0.15) is 23.7 Å². The molecule has 2 aromatic carbocycles. The zero-order valence-electron chi connectivity index (χ0n) is 15.1. The van der Waals surface area contributed by atoms with Crippen molar-refractivity contribution in [3.05, 3.63) is 66.4 Å². The van der Waals surface area contributed by atoms with Crippen molar-refractivity contribution in [2.45, 2.75) is 24.3 Å². The molecule has 0 spiro atoms. The highest BCUT2D eigenvalue weighted by atomic mass is 32.2. The average Bonchev–Trinajstić information content (AvgIpc) is 2.71. The lowest BCUT2D eigenvalue weighted by atomic mass is 10.1. The van der Waals surface area contributed by atoms with Gasteiger partial charge in [0.15, 0.2) is 0 Å². The highest BCUT2D eigenvalue weighted by molar-refractivity contribution is 7.93. The molecule has 144 valence electrons. The molecule has 0 aliphatic rings. The summed E-state index contributed by atoms with van der Waals surface area (Å²) in [6.45, 7) is 1.71. The Kier molecular flexibility index (Phi) is 5.41. The van der Waals surface area contributed by atoms with E-state index < -0.39 is 22.0 Å². The second-order valence-electron chi connectivity index (χ2n) is 6.13. The Labute approximate surface area is 162 Å². The summed E-state index contributed by atoms with van der Waals surface area (Å²) in [4.78, 5) is 27.6. The molecule has 1 heterocycles. The predicted molar refractivity (Wildman–Crippen MR) is 107 cm³/mol. The molecule has 2 N–H and O–H groups in total. The molecule has 0 radical (unpaired) electrons. The number of fused-ring (bicyclic) bond motifs is 1. The first kappa shape index (κ1) is 19.5. The molecular weight excluding hydrogens is 378 g/mol. The van der Waals surface area contributed by atoms with Gasteiger partial charge in [-0.2, -0.15) is 0 Å². The summed E-state index contributed by atoms with van der Waals surface area (Å²) in [6, 6.07) is 13.3. The van der Waals surface area contributed by atoms with E-state index in [1.165, 1.54) is 24.3 Å².